The van der Waals surface area contributed by atoms with Gasteiger partial charge in [0, 0.05) is 12.8 Å². The highest BCUT2D eigenvalue weighted by Gasteiger charge is 2.20. The average molecular weight is 1040 g/mol. The van der Waals surface area contributed by atoms with E-state index >= 15 is 0 Å². The number of amides is 1. The minimum Gasteiger partial charge on any atom is -0.466 e. The molecule has 0 aromatic rings. The van der Waals surface area contributed by atoms with Crippen molar-refractivity contribution in [2.24, 2.45) is 0 Å². The Morgan fingerprint density at radius 2 is 0.676 bits per heavy atom. The topological polar surface area (TPSA) is 95.9 Å². The number of ether oxygens (including phenoxy) is 1. The van der Waals surface area contributed by atoms with Crippen LogP contribution >= 0.6 is 0 Å². The summed E-state index contributed by atoms with van der Waals surface area (Å²) in [5, 5.41) is 23.3. The van der Waals surface area contributed by atoms with E-state index < -0.39 is 12.1 Å². The largest absolute Gasteiger partial charge is 0.466 e. The summed E-state index contributed by atoms with van der Waals surface area (Å²) < 4.78 is 5.50. The SMILES string of the molecule is CCCCCC/C=C\C/C=C\CCCCCCCCCC(=O)OCCCCCCCCCCCCCCCCCCCCCCCCCCCCC(=O)NC(CO)C(O)CCCCCCCCCCCCCCC. The highest BCUT2D eigenvalue weighted by Crippen LogP contribution is 2.19. The zero-order chi connectivity index (χ0) is 53.6. The summed E-state index contributed by atoms with van der Waals surface area (Å²) in [5.41, 5.74) is 0. The van der Waals surface area contributed by atoms with Gasteiger partial charge in [-0.15, -0.1) is 0 Å². The number of carbonyl (C=O) groups excluding carboxylic acids is 2. The summed E-state index contributed by atoms with van der Waals surface area (Å²) >= 11 is 0. The first-order chi connectivity index (χ1) is 36.5. The number of carbonyl (C=O) groups is 2. The van der Waals surface area contributed by atoms with Crippen molar-refractivity contribution in [2.75, 3.05) is 13.2 Å². The molecule has 0 radical (unpaired) electrons. The third-order valence-electron chi connectivity index (χ3n) is 15.8. The molecule has 6 nitrogen and oxygen atoms in total. The van der Waals surface area contributed by atoms with Crippen LogP contribution in [-0.2, 0) is 14.3 Å². The Morgan fingerprint density at radius 3 is 1.04 bits per heavy atom. The summed E-state index contributed by atoms with van der Waals surface area (Å²) in [7, 11) is 0. The summed E-state index contributed by atoms with van der Waals surface area (Å²) in [5.74, 6) is -0.0206. The van der Waals surface area contributed by atoms with Crippen molar-refractivity contribution < 1.29 is 24.5 Å². The summed E-state index contributed by atoms with van der Waals surface area (Å²) in [6, 6.07) is -0.539. The van der Waals surface area contributed by atoms with Crippen LogP contribution in [0.25, 0.3) is 0 Å². The molecule has 1 amide bonds. The summed E-state index contributed by atoms with van der Waals surface area (Å²) in [6.07, 6.45) is 79.3. The lowest BCUT2D eigenvalue weighted by atomic mass is 10.0. The van der Waals surface area contributed by atoms with Crippen LogP contribution in [0.3, 0.4) is 0 Å². The Kier molecular flexibility index (Phi) is 62.4. The maximum absolute atomic E-state index is 12.5. The van der Waals surface area contributed by atoms with E-state index in [1.807, 2.05) is 0 Å². The molecule has 0 aliphatic rings. The maximum atomic E-state index is 12.5. The van der Waals surface area contributed by atoms with Gasteiger partial charge in [-0.1, -0.05) is 327 Å². The Labute approximate surface area is 462 Å². The van der Waals surface area contributed by atoms with Crippen LogP contribution in [0.5, 0.6) is 0 Å². The Balaban J connectivity index is 3.33. The second kappa shape index (κ2) is 63.9. The molecule has 0 rings (SSSR count). The molecule has 0 saturated carbocycles. The van der Waals surface area contributed by atoms with Gasteiger partial charge in [-0.25, -0.2) is 0 Å². The minimum atomic E-state index is -0.662. The molecule has 74 heavy (non-hydrogen) atoms. The third kappa shape index (κ3) is 59.6. The molecule has 0 aromatic heterocycles. The molecule has 0 aliphatic carbocycles. The van der Waals surface area contributed by atoms with Gasteiger partial charge in [-0.3, -0.25) is 9.59 Å². The number of unbranched alkanes of at least 4 members (excludes halogenated alkanes) is 48. The average Bonchev–Trinajstić information content (AvgIpc) is 3.40. The lowest BCUT2D eigenvalue weighted by Crippen LogP contribution is -2.45. The van der Waals surface area contributed by atoms with E-state index in [0.717, 1.165) is 51.4 Å². The van der Waals surface area contributed by atoms with E-state index in [4.69, 9.17) is 4.74 Å². The number of hydrogen-bond donors (Lipinski definition) is 3. The van der Waals surface area contributed by atoms with Gasteiger partial charge in [-0.2, -0.15) is 0 Å². The van der Waals surface area contributed by atoms with E-state index in [-0.39, 0.29) is 18.5 Å². The molecule has 0 aromatic carbocycles. The number of aliphatic hydroxyl groups excluding tert-OH is 2. The van der Waals surface area contributed by atoms with Crippen molar-refractivity contribution >= 4 is 11.9 Å². The number of hydrogen-bond acceptors (Lipinski definition) is 5. The second-order valence-electron chi connectivity index (χ2n) is 23.2. The van der Waals surface area contributed by atoms with Crippen LogP contribution in [0.15, 0.2) is 24.3 Å². The molecular formula is C68H131NO5. The minimum absolute atomic E-state index is 0.0105. The van der Waals surface area contributed by atoms with E-state index in [0.29, 0.717) is 25.9 Å². The number of nitrogens with one attached hydrogen (secondary N) is 1. The molecule has 2 unspecified atom stereocenters. The first kappa shape index (κ1) is 72.3. The van der Waals surface area contributed by atoms with Crippen molar-refractivity contribution in [2.45, 2.75) is 386 Å². The van der Waals surface area contributed by atoms with Gasteiger partial charge < -0.3 is 20.3 Å². The van der Waals surface area contributed by atoms with Gasteiger partial charge in [0.2, 0.25) is 5.91 Å². The predicted molar refractivity (Wildman–Crippen MR) is 324 cm³/mol. The van der Waals surface area contributed by atoms with Crippen molar-refractivity contribution in [3.63, 3.8) is 0 Å². The highest BCUT2D eigenvalue weighted by molar-refractivity contribution is 5.76. The fourth-order valence-corrected chi connectivity index (χ4v) is 10.6. The Bertz CT molecular complexity index is 1150. The van der Waals surface area contributed by atoms with Crippen molar-refractivity contribution in [1.82, 2.24) is 5.32 Å². The van der Waals surface area contributed by atoms with E-state index in [1.165, 1.54) is 289 Å². The molecule has 0 aliphatic heterocycles. The van der Waals surface area contributed by atoms with Gasteiger partial charge >= 0.3 is 5.97 Å². The normalized spacial score (nSPS) is 12.6. The molecule has 0 spiro atoms. The highest BCUT2D eigenvalue weighted by atomic mass is 16.5. The number of aliphatic hydroxyl groups is 2. The van der Waals surface area contributed by atoms with Crippen LogP contribution in [0.1, 0.15) is 373 Å². The van der Waals surface area contributed by atoms with Crippen LogP contribution < -0.4 is 5.32 Å². The van der Waals surface area contributed by atoms with Gasteiger partial charge in [0.05, 0.1) is 25.4 Å². The van der Waals surface area contributed by atoms with Crippen LogP contribution in [-0.4, -0.2) is 47.4 Å². The first-order valence-electron chi connectivity index (χ1n) is 33.6. The fraction of sp³-hybridized carbons (Fsp3) is 0.912. The number of rotatable bonds is 63. The Morgan fingerprint density at radius 1 is 0.378 bits per heavy atom. The second-order valence-corrected chi connectivity index (χ2v) is 23.2. The standard InChI is InChI=1S/C68H131NO5/c1-3-5-7-9-11-13-15-17-18-19-31-34-38-42-46-50-54-58-62-68(73)74-63-59-55-51-47-43-39-35-32-29-27-25-23-21-20-22-24-26-28-30-33-37-41-45-49-53-57-61-67(72)69-65(64-70)66(71)60-56-52-48-44-40-36-16-14-12-10-8-6-4-2/h13,15,18-19,65-66,70-71H,3-12,14,16-17,20-64H2,1-2H3,(H,69,72)/b15-13-,19-18-. The zero-order valence-electron chi connectivity index (χ0n) is 50.1. The fourth-order valence-electron chi connectivity index (χ4n) is 10.6. The molecule has 6 heteroatoms. The van der Waals surface area contributed by atoms with Crippen molar-refractivity contribution in [3.8, 4) is 0 Å². The first-order valence-corrected chi connectivity index (χ1v) is 33.6. The van der Waals surface area contributed by atoms with Crippen LogP contribution in [0.4, 0.5) is 0 Å². The predicted octanol–water partition coefficient (Wildman–Crippen LogP) is 21.4. The molecule has 0 bridgehead atoms. The number of esters is 1. The van der Waals surface area contributed by atoms with E-state index in [9.17, 15) is 19.8 Å². The molecule has 2 atom stereocenters. The lowest BCUT2D eigenvalue weighted by Gasteiger charge is -2.22. The lowest BCUT2D eigenvalue weighted by molar-refractivity contribution is -0.143. The van der Waals surface area contributed by atoms with Gasteiger partial charge in [0.1, 0.15) is 0 Å². The molecule has 0 heterocycles. The molecule has 0 fully saturated rings. The Hall–Kier alpha value is -1.66. The maximum Gasteiger partial charge on any atom is 0.305 e. The van der Waals surface area contributed by atoms with E-state index in [2.05, 4.69) is 43.5 Å². The van der Waals surface area contributed by atoms with E-state index in [1.54, 1.807) is 0 Å². The third-order valence-corrected chi connectivity index (χ3v) is 15.8. The molecular weight excluding hydrogens is 911 g/mol. The quantitative estimate of drug-likeness (QED) is 0.0320. The summed E-state index contributed by atoms with van der Waals surface area (Å²) in [6.45, 7) is 4.96. The molecule has 3 N–H and O–H groups in total. The van der Waals surface area contributed by atoms with Gasteiger partial charge in [-0.05, 0) is 57.8 Å². The van der Waals surface area contributed by atoms with Gasteiger partial charge in [0.25, 0.3) is 0 Å². The zero-order valence-corrected chi connectivity index (χ0v) is 50.1. The molecule has 0 saturated heterocycles. The number of allylic oxidation sites excluding steroid dienone is 4. The van der Waals surface area contributed by atoms with Gasteiger partial charge in [0.15, 0.2) is 0 Å². The van der Waals surface area contributed by atoms with Crippen LogP contribution in [0.2, 0.25) is 0 Å². The van der Waals surface area contributed by atoms with Crippen LogP contribution in [0, 0.1) is 0 Å². The summed E-state index contributed by atoms with van der Waals surface area (Å²) in [4.78, 5) is 24.6. The van der Waals surface area contributed by atoms with Crippen molar-refractivity contribution in [3.05, 3.63) is 24.3 Å². The van der Waals surface area contributed by atoms with Crippen molar-refractivity contribution in [1.29, 1.82) is 0 Å². The smallest absolute Gasteiger partial charge is 0.305 e. The monoisotopic (exact) mass is 1040 g/mol. The molecule has 438 valence electrons.